The second kappa shape index (κ2) is 10.9. The molecule has 2 atom stereocenters. The van der Waals surface area contributed by atoms with E-state index >= 15 is 0 Å². The van der Waals surface area contributed by atoms with E-state index in [1.54, 1.807) is 12.4 Å². The van der Waals surface area contributed by atoms with Crippen LogP contribution in [-0.4, -0.2) is 76.1 Å². The number of benzene rings is 1. The normalized spacial score (nSPS) is 21.2. The fourth-order valence-electron chi connectivity index (χ4n) is 5.35. The fourth-order valence-corrected chi connectivity index (χ4v) is 5.35. The molecule has 0 spiro atoms. The van der Waals surface area contributed by atoms with E-state index in [0.29, 0.717) is 37.2 Å². The zero-order chi connectivity index (χ0) is 25.9. The molecule has 38 heavy (non-hydrogen) atoms. The van der Waals surface area contributed by atoms with Crippen LogP contribution in [0.3, 0.4) is 0 Å². The Morgan fingerprint density at radius 2 is 1.79 bits per heavy atom. The third-order valence-corrected chi connectivity index (χ3v) is 7.39. The molecule has 3 aromatic rings. The quantitative estimate of drug-likeness (QED) is 0.468. The number of hydrogen-bond acceptors (Lipinski definition) is 9. The van der Waals surface area contributed by atoms with Crippen LogP contribution in [0.4, 0.5) is 22.2 Å². The summed E-state index contributed by atoms with van der Waals surface area (Å²) in [5, 5.41) is 15.7. The first-order valence-corrected chi connectivity index (χ1v) is 13.2. The topological polar surface area (TPSA) is 129 Å². The highest BCUT2D eigenvalue weighted by Crippen LogP contribution is 2.31. The van der Waals surface area contributed by atoms with Crippen molar-refractivity contribution >= 4 is 23.5 Å². The smallest absolute Gasteiger partial charge is 0.319 e. The lowest BCUT2D eigenvalue weighted by atomic mass is 10.0. The molecule has 11 heteroatoms. The molecule has 2 aliphatic heterocycles. The number of ether oxygens (including phenoxy) is 1. The standard InChI is InChI=1S/C27H32N8O3/c36-23-4-1-3-21(23)32-27(37)30-19-7-5-18(6-8-19)24-31-22-17-35(26-28-10-2-11-29-26)12-9-20(22)25(33-24)34-13-15-38-16-14-34/h2,5-8,10-11,21,23,36H,1,3-4,9,12-17H2,(H2,30,32,37). The highest BCUT2D eigenvalue weighted by atomic mass is 16.5. The Kier molecular flexibility index (Phi) is 7.02. The lowest BCUT2D eigenvalue weighted by Gasteiger charge is -2.34. The second-order valence-corrected chi connectivity index (χ2v) is 9.90. The first kappa shape index (κ1) is 24.5. The van der Waals surface area contributed by atoms with Crippen molar-refractivity contribution in [3.63, 3.8) is 0 Å². The molecular formula is C27H32N8O3. The number of anilines is 3. The second-order valence-electron chi connectivity index (χ2n) is 9.90. The van der Waals surface area contributed by atoms with Gasteiger partial charge in [-0.3, -0.25) is 0 Å². The lowest BCUT2D eigenvalue weighted by molar-refractivity contribution is 0.122. The number of carbonyl (C=O) groups is 1. The van der Waals surface area contributed by atoms with Gasteiger partial charge >= 0.3 is 6.03 Å². The number of nitrogens with one attached hydrogen (secondary N) is 2. The fraction of sp³-hybridized carbons (Fsp3) is 0.444. The van der Waals surface area contributed by atoms with Crippen LogP contribution in [0.25, 0.3) is 11.4 Å². The van der Waals surface area contributed by atoms with Crippen molar-refractivity contribution in [2.45, 2.75) is 44.4 Å². The highest BCUT2D eigenvalue weighted by molar-refractivity contribution is 5.89. The van der Waals surface area contributed by atoms with E-state index in [0.717, 1.165) is 62.4 Å². The zero-order valence-electron chi connectivity index (χ0n) is 21.2. The van der Waals surface area contributed by atoms with Gasteiger partial charge in [-0.25, -0.2) is 24.7 Å². The molecule has 1 saturated carbocycles. The average molecular weight is 517 g/mol. The summed E-state index contributed by atoms with van der Waals surface area (Å²) >= 11 is 0. The van der Waals surface area contributed by atoms with Gasteiger partial charge in [-0.1, -0.05) is 0 Å². The summed E-state index contributed by atoms with van der Waals surface area (Å²) in [6.07, 6.45) is 6.29. The number of carbonyl (C=O) groups excluding carboxylic acids is 1. The summed E-state index contributed by atoms with van der Waals surface area (Å²) in [5.74, 6) is 2.31. The number of urea groups is 1. The van der Waals surface area contributed by atoms with Crippen molar-refractivity contribution in [3.05, 3.63) is 54.0 Å². The summed E-state index contributed by atoms with van der Waals surface area (Å²) in [6.45, 7) is 4.36. The van der Waals surface area contributed by atoms with Gasteiger partial charge in [0.2, 0.25) is 5.95 Å². The van der Waals surface area contributed by atoms with Gasteiger partial charge in [0.25, 0.3) is 0 Å². The van der Waals surface area contributed by atoms with E-state index in [1.807, 2.05) is 30.3 Å². The molecule has 1 aliphatic carbocycles. The van der Waals surface area contributed by atoms with Crippen LogP contribution in [0.2, 0.25) is 0 Å². The molecule has 4 heterocycles. The maximum Gasteiger partial charge on any atom is 0.319 e. The van der Waals surface area contributed by atoms with Gasteiger partial charge in [0.1, 0.15) is 5.82 Å². The largest absolute Gasteiger partial charge is 0.391 e. The third kappa shape index (κ3) is 5.25. The molecular weight excluding hydrogens is 484 g/mol. The number of morpholine rings is 1. The van der Waals surface area contributed by atoms with Crippen LogP contribution in [0.15, 0.2) is 42.7 Å². The molecule has 1 saturated heterocycles. The van der Waals surface area contributed by atoms with Gasteiger partial charge in [-0.15, -0.1) is 0 Å². The van der Waals surface area contributed by atoms with Crippen LogP contribution in [0, 0.1) is 0 Å². The Hall–Kier alpha value is -3.83. The van der Waals surface area contributed by atoms with Gasteiger partial charge in [0, 0.05) is 48.8 Å². The maximum absolute atomic E-state index is 12.4. The summed E-state index contributed by atoms with van der Waals surface area (Å²) in [7, 11) is 0. The van der Waals surface area contributed by atoms with E-state index in [2.05, 4.69) is 30.4 Å². The molecule has 2 fully saturated rings. The van der Waals surface area contributed by atoms with E-state index in [9.17, 15) is 9.90 Å². The minimum Gasteiger partial charge on any atom is -0.391 e. The van der Waals surface area contributed by atoms with Crippen LogP contribution in [-0.2, 0) is 17.7 Å². The van der Waals surface area contributed by atoms with E-state index < -0.39 is 6.10 Å². The number of nitrogens with zero attached hydrogens (tertiary/aromatic N) is 6. The van der Waals surface area contributed by atoms with Crippen molar-refractivity contribution < 1.29 is 14.6 Å². The number of fused-ring (bicyclic) bond motifs is 1. The number of aliphatic hydroxyl groups excluding tert-OH is 1. The van der Waals surface area contributed by atoms with Crippen molar-refractivity contribution in [1.29, 1.82) is 0 Å². The number of aliphatic hydroxyl groups is 1. The van der Waals surface area contributed by atoms with Crippen LogP contribution >= 0.6 is 0 Å². The predicted octanol–water partition coefficient (Wildman–Crippen LogP) is 2.37. The molecule has 2 amide bonds. The van der Waals surface area contributed by atoms with Crippen molar-refractivity contribution in [2.75, 3.05) is 48.0 Å². The number of hydrogen-bond donors (Lipinski definition) is 3. The number of aromatic nitrogens is 4. The van der Waals surface area contributed by atoms with Gasteiger partial charge in [-0.2, -0.15) is 0 Å². The third-order valence-electron chi connectivity index (χ3n) is 7.39. The van der Waals surface area contributed by atoms with E-state index in [1.165, 1.54) is 5.56 Å². The lowest BCUT2D eigenvalue weighted by Crippen LogP contribution is -2.42. The maximum atomic E-state index is 12.4. The van der Waals surface area contributed by atoms with Crippen molar-refractivity contribution in [3.8, 4) is 11.4 Å². The summed E-state index contributed by atoms with van der Waals surface area (Å²) < 4.78 is 5.58. The Labute approximate surface area is 221 Å². The van der Waals surface area contributed by atoms with Gasteiger partial charge in [0.15, 0.2) is 5.82 Å². The van der Waals surface area contributed by atoms with E-state index in [-0.39, 0.29) is 12.1 Å². The molecule has 0 radical (unpaired) electrons. The summed E-state index contributed by atoms with van der Waals surface area (Å²) in [4.78, 5) is 35.7. The molecule has 3 aliphatic rings. The van der Waals surface area contributed by atoms with Crippen molar-refractivity contribution in [2.24, 2.45) is 0 Å². The van der Waals surface area contributed by atoms with Crippen LogP contribution in [0.1, 0.15) is 30.5 Å². The van der Waals surface area contributed by atoms with Gasteiger partial charge < -0.3 is 30.3 Å². The Balaban J connectivity index is 1.24. The Morgan fingerprint density at radius 1 is 1.00 bits per heavy atom. The molecule has 0 bridgehead atoms. The minimum atomic E-state index is -0.477. The minimum absolute atomic E-state index is 0.197. The Morgan fingerprint density at radius 3 is 2.53 bits per heavy atom. The molecule has 1 aromatic carbocycles. The average Bonchev–Trinajstić information content (AvgIpc) is 3.37. The molecule has 11 nitrogen and oxygen atoms in total. The Bertz CT molecular complexity index is 1270. The molecule has 6 rings (SSSR count). The first-order valence-electron chi connectivity index (χ1n) is 13.2. The molecule has 3 N–H and O–H groups in total. The molecule has 2 unspecified atom stereocenters. The van der Waals surface area contributed by atoms with Crippen LogP contribution < -0.4 is 20.4 Å². The van der Waals surface area contributed by atoms with Gasteiger partial charge in [0.05, 0.1) is 37.6 Å². The molecule has 198 valence electrons. The molecule has 2 aromatic heterocycles. The predicted molar refractivity (Wildman–Crippen MR) is 143 cm³/mol. The summed E-state index contributed by atoms with van der Waals surface area (Å²) in [6, 6.07) is 8.85. The SMILES string of the molecule is O=C(Nc1ccc(-c2nc3c(c(N4CCOCC4)n2)CCN(c2ncccn2)C3)cc1)NC1CCCC1O. The summed E-state index contributed by atoms with van der Waals surface area (Å²) in [5.41, 5.74) is 3.68. The van der Waals surface area contributed by atoms with E-state index in [4.69, 9.17) is 14.7 Å². The highest BCUT2D eigenvalue weighted by Gasteiger charge is 2.28. The van der Waals surface area contributed by atoms with Crippen molar-refractivity contribution in [1.82, 2.24) is 25.3 Å². The first-order chi connectivity index (χ1) is 18.6. The number of rotatable bonds is 5. The monoisotopic (exact) mass is 516 g/mol. The van der Waals surface area contributed by atoms with Gasteiger partial charge in [-0.05, 0) is 56.0 Å². The zero-order valence-corrected chi connectivity index (χ0v) is 21.2. The van der Waals surface area contributed by atoms with Crippen LogP contribution in [0.5, 0.6) is 0 Å². The number of amides is 2.